The first-order chi connectivity index (χ1) is 9.14. The Morgan fingerprint density at radius 1 is 1.35 bits per heavy atom. The van der Waals surface area contributed by atoms with E-state index in [1.54, 1.807) is 0 Å². The van der Waals surface area contributed by atoms with E-state index in [0.29, 0.717) is 6.54 Å². The highest BCUT2D eigenvalue weighted by atomic mass is 19.1. The van der Waals surface area contributed by atoms with Crippen molar-refractivity contribution < 1.29 is 13.6 Å². The molecular formula is C14H21F2N3O. The number of amides is 1. The van der Waals surface area contributed by atoms with E-state index in [0.717, 1.165) is 18.7 Å². The lowest BCUT2D eigenvalue weighted by Crippen LogP contribution is -2.40. The Morgan fingerprint density at radius 3 is 2.50 bits per heavy atom. The third-order valence-electron chi connectivity index (χ3n) is 2.82. The maximum absolute atomic E-state index is 13.7. The lowest BCUT2D eigenvalue weighted by atomic mass is 9.93. The first-order valence-corrected chi connectivity index (χ1v) is 6.30. The number of rotatable bonds is 5. The van der Waals surface area contributed by atoms with Crippen LogP contribution in [0.15, 0.2) is 12.1 Å². The van der Waals surface area contributed by atoms with Gasteiger partial charge in [0.05, 0.1) is 5.69 Å². The summed E-state index contributed by atoms with van der Waals surface area (Å²) in [5, 5.41) is 2.55. The predicted molar refractivity (Wildman–Crippen MR) is 75.4 cm³/mol. The van der Waals surface area contributed by atoms with Crippen molar-refractivity contribution in [2.75, 3.05) is 32.9 Å². The highest BCUT2D eigenvalue weighted by molar-refractivity contribution is 5.95. The maximum Gasteiger partial charge on any atom is 0.257 e. The van der Waals surface area contributed by atoms with Crippen molar-refractivity contribution in [2.24, 2.45) is 5.41 Å². The lowest BCUT2D eigenvalue weighted by molar-refractivity contribution is 0.0921. The van der Waals surface area contributed by atoms with Gasteiger partial charge in [-0.3, -0.25) is 4.79 Å². The summed E-state index contributed by atoms with van der Waals surface area (Å²) in [6, 6.07) is 2.08. The number of benzene rings is 1. The van der Waals surface area contributed by atoms with E-state index < -0.39 is 23.1 Å². The number of carbonyl (C=O) groups is 1. The number of anilines is 1. The monoisotopic (exact) mass is 285 g/mol. The third kappa shape index (κ3) is 4.16. The average Bonchev–Trinajstić information content (AvgIpc) is 2.30. The molecule has 0 radical (unpaired) electrons. The molecule has 0 spiro atoms. The second-order valence-corrected chi connectivity index (χ2v) is 5.91. The Morgan fingerprint density at radius 2 is 1.95 bits per heavy atom. The van der Waals surface area contributed by atoms with Crippen LogP contribution in [0.3, 0.4) is 0 Å². The molecule has 112 valence electrons. The number of hydrogen-bond donors (Lipinski definition) is 2. The van der Waals surface area contributed by atoms with Crippen molar-refractivity contribution in [3.63, 3.8) is 0 Å². The lowest BCUT2D eigenvalue weighted by Gasteiger charge is -2.28. The molecule has 1 aromatic rings. The number of nitrogen functional groups attached to an aromatic ring is 1. The molecule has 0 saturated heterocycles. The van der Waals surface area contributed by atoms with Crippen molar-refractivity contribution in [3.05, 3.63) is 29.3 Å². The van der Waals surface area contributed by atoms with Crippen LogP contribution in [-0.4, -0.2) is 38.0 Å². The molecule has 3 N–H and O–H groups in total. The molecule has 1 amide bonds. The molecular weight excluding hydrogens is 264 g/mol. The molecule has 0 atom stereocenters. The fourth-order valence-corrected chi connectivity index (χ4v) is 2.10. The van der Waals surface area contributed by atoms with Gasteiger partial charge in [-0.1, -0.05) is 13.8 Å². The van der Waals surface area contributed by atoms with E-state index in [1.165, 1.54) is 0 Å². The minimum absolute atomic E-state index is 0.216. The Labute approximate surface area is 117 Å². The van der Waals surface area contributed by atoms with Crippen molar-refractivity contribution >= 4 is 11.6 Å². The molecule has 0 unspecified atom stereocenters. The molecule has 1 aromatic carbocycles. The second-order valence-electron chi connectivity index (χ2n) is 5.91. The number of carbonyl (C=O) groups excluding carboxylic acids is 1. The number of nitrogens with zero attached hydrogens (tertiary/aromatic N) is 1. The van der Waals surface area contributed by atoms with Gasteiger partial charge in [-0.25, -0.2) is 8.78 Å². The van der Waals surface area contributed by atoms with E-state index in [2.05, 4.69) is 5.32 Å². The minimum Gasteiger partial charge on any atom is -0.396 e. The molecule has 6 heteroatoms. The van der Waals surface area contributed by atoms with Gasteiger partial charge in [0.1, 0.15) is 11.4 Å². The van der Waals surface area contributed by atoms with Crippen LogP contribution in [-0.2, 0) is 0 Å². The minimum atomic E-state index is -1.02. The summed E-state index contributed by atoms with van der Waals surface area (Å²) in [7, 11) is 3.83. The molecule has 0 fully saturated rings. The number of halogens is 2. The van der Waals surface area contributed by atoms with Gasteiger partial charge in [0.25, 0.3) is 5.91 Å². The molecule has 0 aliphatic carbocycles. The normalized spacial score (nSPS) is 11.8. The molecule has 1 rings (SSSR count). The summed E-state index contributed by atoms with van der Waals surface area (Å²) in [5.74, 6) is -2.73. The van der Waals surface area contributed by atoms with Gasteiger partial charge in [0.15, 0.2) is 5.82 Å². The second kappa shape index (κ2) is 6.17. The Bertz CT molecular complexity index is 501. The van der Waals surface area contributed by atoms with Gasteiger partial charge in [0, 0.05) is 13.1 Å². The first kappa shape index (κ1) is 16.4. The standard InChI is InChI=1S/C14H21F2N3O/c1-14(2,8-19(3)4)7-18-13(20)11-9(15)5-6-10(17)12(11)16/h5-6H,7-8,17H2,1-4H3,(H,18,20). The first-order valence-electron chi connectivity index (χ1n) is 6.30. The van der Waals surface area contributed by atoms with Crippen molar-refractivity contribution in [2.45, 2.75) is 13.8 Å². The molecule has 0 aromatic heterocycles. The van der Waals surface area contributed by atoms with Crippen LogP contribution in [0.25, 0.3) is 0 Å². The van der Waals surface area contributed by atoms with Crippen LogP contribution in [0.5, 0.6) is 0 Å². The quantitative estimate of drug-likeness (QED) is 0.812. The topological polar surface area (TPSA) is 58.4 Å². The van der Waals surface area contributed by atoms with Crippen LogP contribution < -0.4 is 11.1 Å². The Kier molecular flexibility index (Phi) is 5.05. The third-order valence-corrected chi connectivity index (χ3v) is 2.82. The van der Waals surface area contributed by atoms with Crippen molar-refractivity contribution in [3.8, 4) is 0 Å². The highest BCUT2D eigenvalue weighted by Crippen LogP contribution is 2.19. The fraction of sp³-hybridized carbons (Fsp3) is 0.500. The van der Waals surface area contributed by atoms with Gasteiger partial charge in [-0.2, -0.15) is 0 Å². The summed E-state index contributed by atoms with van der Waals surface area (Å²) in [6.07, 6.45) is 0. The average molecular weight is 285 g/mol. The Balaban J connectivity index is 2.81. The molecule has 0 saturated carbocycles. The molecule has 0 aliphatic heterocycles. The van der Waals surface area contributed by atoms with Gasteiger partial charge in [-0.05, 0) is 31.6 Å². The summed E-state index contributed by atoms with van der Waals surface area (Å²) in [4.78, 5) is 13.9. The van der Waals surface area contributed by atoms with Crippen LogP contribution in [0, 0.1) is 17.0 Å². The van der Waals surface area contributed by atoms with Gasteiger partial charge >= 0.3 is 0 Å². The van der Waals surface area contributed by atoms with E-state index in [4.69, 9.17) is 5.73 Å². The summed E-state index contributed by atoms with van der Waals surface area (Å²) >= 11 is 0. The van der Waals surface area contributed by atoms with Crippen molar-refractivity contribution in [1.29, 1.82) is 0 Å². The van der Waals surface area contributed by atoms with E-state index >= 15 is 0 Å². The number of nitrogens with one attached hydrogen (secondary N) is 1. The van der Waals surface area contributed by atoms with Gasteiger partial charge < -0.3 is 16.0 Å². The molecule has 0 bridgehead atoms. The molecule has 4 nitrogen and oxygen atoms in total. The van der Waals surface area contributed by atoms with E-state index in [-0.39, 0.29) is 11.1 Å². The van der Waals surface area contributed by atoms with E-state index in [1.807, 2.05) is 32.8 Å². The summed E-state index contributed by atoms with van der Waals surface area (Å²) < 4.78 is 27.3. The summed E-state index contributed by atoms with van der Waals surface area (Å²) in [6.45, 7) is 4.95. The van der Waals surface area contributed by atoms with Gasteiger partial charge in [-0.15, -0.1) is 0 Å². The van der Waals surface area contributed by atoms with Crippen LogP contribution >= 0.6 is 0 Å². The predicted octanol–water partition coefficient (Wildman–Crippen LogP) is 1.86. The largest absolute Gasteiger partial charge is 0.396 e. The fourth-order valence-electron chi connectivity index (χ4n) is 2.10. The van der Waals surface area contributed by atoms with Gasteiger partial charge in [0.2, 0.25) is 0 Å². The SMILES string of the molecule is CN(C)CC(C)(C)CNC(=O)c1c(F)ccc(N)c1F. The Hall–Kier alpha value is -1.69. The summed E-state index contributed by atoms with van der Waals surface area (Å²) in [5.41, 5.74) is 4.25. The van der Waals surface area contributed by atoms with Crippen LogP contribution in [0.1, 0.15) is 24.2 Å². The molecule has 0 heterocycles. The number of hydrogen-bond acceptors (Lipinski definition) is 3. The number of nitrogens with two attached hydrogens (primary N) is 1. The molecule has 20 heavy (non-hydrogen) atoms. The highest BCUT2D eigenvalue weighted by Gasteiger charge is 2.23. The zero-order valence-electron chi connectivity index (χ0n) is 12.3. The maximum atomic E-state index is 13.7. The smallest absolute Gasteiger partial charge is 0.257 e. The van der Waals surface area contributed by atoms with E-state index in [9.17, 15) is 13.6 Å². The van der Waals surface area contributed by atoms with Crippen LogP contribution in [0.2, 0.25) is 0 Å². The van der Waals surface area contributed by atoms with Crippen LogP contribution in [0.4, 0.5) is 14.5 Å². The van der Waals surface area contributed by atoms with Crippen molar-refractivity contribution in [1.82, 2.24) is 10.2 Å². The zero-order valence-corrected chi connectivity index (χ0v) is 12.3. The molecule has 0 aliphatic rings. The zero-order chi connectivity index (χ0) is 15.5.